The predicted molar refractivity (Wildman–Crippen MR) is 111 cm³/mol. The molecule has 1 saturated heterocycles. The first-order valence-electron chi connectivity index (χ1n) is 9.56. The first-order valence-corrected chi connectivity index (χ1v) is 9.56. The summed E-state index contributed by atoms with van der Waals surface area (Å²) < 4.78 is 5.64. The van der Waals surface area contributed by atoms with Gasteiger partial charge in [-0.25, -0.2) is 0 Å². The van der Waals surface area contributed by atoms with Crippen molar-refractivity contribution in [3.8, 4) is 5.75 Å². The minimum atomic E-state index is 0.459. The number of ether oxygens (including phenoxy) is 1. The van der Waals surface area contributed by atoms with E-state index >= 15 is 0 Å². The summed E-state index contributed by atoms with van der Waals surface area (Å²) in [6.07, 6.45) is 4.93. The van der Waals surface area contributed by atoms with E-state index in [-0.39, 0.29) is 0 Å². The molecule has 1 fully saturated rings. The van der Waals surface area contributed by atoms with Gasteiger partial charge in [-0.2, -0.15) is 0 Å². The number of aryl methyl sites for hydroxylation is 1. The van der Waals surface area contributed by atoms with Crippen LogP contribution in [0.4, 0.5) is 5.69 Å². The quantitative estimate of drug-likeness (QED) is 0.705. The summed E-state index contributed by atoms with van der Waals surface area (Å²) in [5, 5.41) is 6.15. The molecule has 0 unspecified atom stereocenters. The Morgan fingerprint density at radius 3 is 3.07 bits per heavy atom. The Hall–Kier alpha value is -2.59. The van der Waals surface area contributed by atoms with Crippen molar-refractivity contribution in [3.63, 3.8) is 0 Å². The molecule has 4 nitrogen and oxygen atoms in total. The second-order valence-electron chi connectivity index (χ2n) is 7.22. The topological polar surface area (TPSA) is 37.4 Å². The lowest BCUT2D eigenvalue weighted by Crippen LogP contribution is -2.26. The summed E-state index contributed by atoms with van der Waals surface area (Å²) in [5.74, 6) is 0.945. The summed E-state index contributed by atoms with van der Waals surface area (Å²) in [7, 11) is 0. The molecule has 1 aliphatic heterocycles. The lowest BCUT2D eigenvalue weighted by Gasteiger charge is -2.19. The summed E-state index contributed by atoms with van der Waals surface area (Å²) >= 11 is 0. The maximum absolute atomic E-state index is 5.64. The molecule has 0 aliphatic carbocycles. The summed E-state index contributed by atoms with van der Waals surface area (Å²) in [6.45, 7) is 9.41. The van der Waals surface area contributed by atoms with Gasteiger partial charge < -0.3 is 10.1 Å². The second kappa shape index (κ2) is 7.97. The zero-order chi connectivity index (χ0) is 18.6. The van der Waals surface area contributed by atoms with E-state index in [1.165, 1.54) is 22.0 Å². The molecule has 0 bridgehead atoms. The van der Waals surface area contributed by atoms with Crippen LogP contribution in [-0.2, 0) is 6.54 Å². The Bertz CT molecular complexity index is 919. The molecule has 0 saturated carbocycles. The maximum Gasteiger partial charge on any atom is 0.122 e. The number of nitrogens with one attached hydrogen (secondary N) is 1. The predicted octanol–water partition coefficient (Wildman–Crippen LogP) is 4.44. The van der Waals surface area contributed by atoms with Crippen molar-refractivity contribution < 1.29 is 4.74 Å². The molecule has 2 aromatic carbocycles. The monoisotopic (exact) mass is 360 g/mol. The van der Waals surface area contributed by atoms with E-state index in [4.69, 9.17) is 4.74 Å². The van der Waals surface area contributed by atoms with Gasteiger partial charge in [0.15, 0.2) is 0 Å². The van der Waals surface area contributed by atoms with Gasteiger partial charge in [0.05, 0.1) is 6.61 Å². The third-order valence-electron chi connectivity index (χ3n) is 5.23. The Kier molecular flexibility index (Phi) is 5.26. The normalized spacial score (nSPS) is 17.3. The van der Waals surface area contributed by atoms with Gasteiger partial charge in [0.1, 0.15) is 5.75 Å². The third kappa shape index (κ3) is 4.06. The maximum atomic E-state index is 5.64. The van der Waals surface area contributed by atoms with E-state index in [1.54, 1.807) is 0 Å². The highest BCUT2D eigenvalue weighted by Gasteiger charge is 2.23. The fourth-order valence-electron chi connectivity index (χ4n) is 3.83. The van der Waals surface area contributed by atoms with Crippen LogP contribution in [0.1, 0.15) is 17.5 Å². The molecule has 0 spiro atoms. The second-order valence-corrected chi connectivity index (χ2v) is 7.22. The van der Waals surface area contributed by atoms with E-state index in [2.05, 4.69) is 71.5 Å². The Labute approximate surface area is 161 Å². The van der Waals surface area contributed by atoms with Crippen molar-refractivity contribution in [2.75, 3.05) is 25.0 Å². The van der Waals surface area contributed by atoms with Gasteiger partial charge in [-0.3, -0.25) is 9.88 Å². The number of pyridine rings is 1. The van der Waals surface area contributed by atoms with Crippen LogP contribution in [0.25, 0.3) is 10.8 Å². The number of nitrogens with zero attached hydrogens (tertiary/aromatic N) is 2. The van der Waals surface area contributed by atoms with Gasteiger partial charge >= 0.3 is 0 Å². The lowest BCUT2D eigenvalue weighted by molar-refractivity contribution is 0.325. The van der Waals surface area contributed by atoms with Crippen LogP contribution in [-0.4, -0.2) is 35.6 Å². The molecule has 2 heterocycles. The van der Waals surface area contributed by atoms with Crippen molar-refractivity contribution in [1.82, 2.24) is 9.88 Å². The Morgan fingerprint density at radius 1 is 1.26 bits per heavy atom. The van der Waals surface area contributed by atoms with Gasteiger partial charge in [0.2, 0.25) is 0 Å². The van der Waals surface area contributed by atoms with Gasteiger partial charge in [-0.05, 0) is 49.6 Å². The van der Waals surface area contributed by atoms with E-state index in [0.29, 0.717) is 12.6 Å². The fraction of sp³-hybridized carbons (Fsp3) is 0.304. The van der Waals surface area contributed by atoms with E-state index in [1.807, 2.05) is 12.4 Å². The molecule has 27 heavy (non-hydrogen) atoms. The minimum absolute atomic E-state index is 0.459. The number of hydrogen-bond donors (Lipinski definition) is 1. The zero-order valence-corrected chi connectivity index (χ0v) is 15.8. The van der Waals surface area contributed by atoms with Crippen LogP contribution in [0.5, 0.6) is 5.75 Å². The van der Waals surface area contributed by atoms with Crippen LogP contribution >= 0.6 is 0 Å². The average molecular weight is 360 g/mol. The lowest BCUT2D eigenvalue weighted by atomic mass is 10.1. The van der Waals surface area contributed by atoms with Crippen molar-refractivity contribution in [1.29, 1.82) is 0 Å². The Morgan fingerprint density at radius 2 is 2.19 bits per heavy atom. The van der Waals surface area contributed by atoms with Crippen LogP contribution in [0, 0.1) is 13.8 Å². The van der Waals surface area contributed by atoms with E-state index in [0.717, 1.165) is 37.4 Å². The molecule has 1 atom stereocenters. The summed E-state index contributed by atoms with van der Waals surface area (Å²) in [6, 6.07) is 15.4. The molecule has 0 amide bonds. The number of hydrogen-bond acceptors (Lipinski definition) is 4. The molecule has 139 valence electrons. The molecule has 3 aromatic rings. The van der Waals surface area contributed by atoms with Gasteiger partial charge in [0.25, 0.3) is 0 Å². The van der Waals surface area contributed by atoms with Crippen molar-refractivity contribution in [2.24, 2.45) is 0 Å². The Balaban J connectivity index is 1.41. The number of benzene rings is 2. The van der Waals surface area contributed by atoms with Crippen molar-refractivity contribution in [3.05, 3.63) is 72.9 Å². The highest BCUT2D eigenvalue weighted by molar-refractivity contribution is 5.93. The molecule has 1 aromatic heterocycles. The molecule has 4 rings (SSSR count). The highest BCUT2D eigenvalue weighted by Crippen LogP contribution is 2.26. The third-order valence-corrected chi connectivity index (χ3v) is 5.23. The van der Waals surface area contributed by atoms with Crippen molar-refractivity contribution >= 4 is 16.5 Å². The average Bonchev–Trinajstić information content (AvgIpc) is 3.12. The SMILES string of the molecule is [CH2]COc1cc(CN2CC[C@@H](Nc3cccc4cnccc34)C2)ccc1C. The number of anilines is 1. The number of fused-ring (bicyclic) bond motifs is 1. The first kappa shape index (κ1) is 17.8. The van der Waals surface area contributed by atoms with E-state index < -0.39 is 0 Å². The van der Waals surface area contributed by atoms with Crippen LogP contribution in [0.3, 0.4) is 0 Å². The molecular formula is C23H26N3O. The highest BCUT2D eigenvalue weighted by atomic mass is 16.5. The van der Waals surface area contributed by atoms with Crippen LogP contribution in [0.15, 0.2) is 54.9 Å². The standard InChI is InChI=1S/C23H26N3O/c1-3-27-23-13-18(8-7-17(23)2)15-26-12-10-20(16-26)25-22-6-4-5-19-14-24-11-9-21(19)22/h4-9,11,13-14,20,25H,1,3,10,12,15-16H2,2H3/t20-/m1/s1. The number of likely N-dealkylation sites (tertiary alicyclic amines) is 1. The number of rotatable bonds is 6. The first-order chi connectivity index (χ1) is 13.2. The van der Waals surface area contributed by atoms with Crippen LogP contribution in [0.2, 0.25) is 0 Å². The molecular weight excluding hydrogens is 334 g/mol. The summed E-state index contributed by atoms with van der Waals surface area (Å²) in [5.41, 5.74) is 3.65. The minimum Gasteiger partial charge on any atom is -0.493 e. The summed E-state index contributed by atoms with van der Waals surface area (Å²) in [4.78, 5) is 6.72. The zero-order valence-electron chi connectivity index (χ0n) is 15.8. The molecule has 1 N–H and O–H groups in total. The molecule has 1 aliphatic rings. The van der Waals surface area contributed by atoms with Crippen molar-refractivity contribution in [2.45, 2.75) is 25.9 Å². The van der Waals surface area contributed by atoms with Crippen LogP contribution < -0.4 is 10.1 Å². The van der Waals surface area contributed by atoms with Gasteiger partial charge in [-0.1, -0.05) is 24.3 Å². The molecule has 4 heteroatoms. The van der Waals surface area contributed by atoms with Gasteiger partial charge in [-0.15, -0.1) is 0 Å². The van der Waals surface area contributed by atoms with E-state index in [9.17, 15) is 0 Å². The molecule has 1 radical (unpaired) electrons. The fourth-order valence-corrected chi connectivity index (χ4v) is 3.83. The van der Waals surface area contributed by atoms with Gasteiger partial charge in [0, 0.05) is 54.5 Å². The smallest absolute Gasteiger partial charge is 0.122 e. The number of aromatic nitrogens is 1. The largest absolute Gasteiger partial charge is 0.493 e.